The van der Waals surface area contributed by atoms with Crippen LogP contribution in [0.1, 0.15) is 38.5 Å². The van der Waals surface area contributed by atoms with Gasteiger partial charge in [-0.15, -0.1) is 0 Å². The topological polar surface area (TPSA) is 87.7 Å². The van der Waals surface area contributed by atoms with Crippen LogP contribution in [0.25, 0.3) is 0 Å². The molecule has 0 aromatic rings. The van der Waals surface area contributed by atoms with Crippen molar-refractivity contribution in [2.75, 3.05) is 13.7 Å². The van der Waals surface area contributed by atoms with Crippen molar-refractivity contribution in [1.82, 2.24) is 10.6 Å². The number of rotatable bonds is 7. The zero-order chi connectivity index (χ0) is 13.9. The largest absolute Gasteiger partial charge is 0.481 e. The fourth-order valence-corrected chi connectivity index (χ4v) is 2.51. The zero-order valence-corrected chi connectivity index (χ0v) is 11.3. The van der Waals surface area contributed by atoms with Crippen molar-refractivity contribution in [2.24, 2.45) is 5.92 Å². The first-order chi connectivity index (χ1) is 9.04. The molecule has 1 unspecified atom stereocenters. The smallest absolute Gasteiger partial charge is 0.315 e. The maximum absolute atomic E-state index is 11.8. The SMILES string of the molecule is COC1(CNC(=O)NC(CC(=O)O)C2CC2)CCC1. The number of methoxy groups -OCH3 is 1. The molecule has 2 aliphatic carbocycles. The molecule has 0 aromatic heterocycles. The Bertz CT molecular complexity index is 345. The summed E-state index contributed by atoms with van der Waals surface area (Å²) in [6.45, 7) is 0.486. The van der Waals surface area contributed by atoms with Crippen LogP contribution in [0.4, 0.5) is 4.79 Å². The molecule has 2 amide bonds. The lowest BCUT2D eigenvalue weighted by atomic mass is 9.80. The van der Waals surface area contributed by atoms with E-state index in [4.69, 9.17) is 9.84 Å². The van der Waals surface area contributed by atoms with Crippen LogP contribution in [0, 0.1) is 5.92 Å². The molecule has 6 nitrogen and oxygen atoms in total. The lowest BCUT2D eigenvalue weighted by molar-refractivity contribution is -0.137. The molecule has 2 aliphatic rings. The first-order valence-electron chi connectivity index (χ1n) is 6.86. The molecule has 2 fully saturated rings. The minimum Gasteiger partial charge on any atom is -0.481 e. The standard InChI is InChI=1S/C13H22N2O4/c1-19-13(5-2-6-13)8-14-12(18)15-10(7-11(16)17)9-3-4-9/h9-10H,2-8H2,1H3,(H,16,17)(H2,14,15,18). The summed E-state index contributed by atoms with van der Waals surface area (Å²) in [5, 5.41) is 14.4. The van der Waals surface area contributed by atoms with Gasteiger partial charge in [0.25, 0.3) is 0 Å². The number of carboxylic acids is 1. The van der Waals surface area contributed by atoms with Crippen LogP contribution in [0.5, 0.6) is 0 Å². The number of ether oxygens (including phenoxy) is 1. The van der Waals surface area contributed by atoms with Gasteiger partial charge in [0.15, 0.2) is 0 Å². The molecule has 0 heterocycles. The molecular weight excluding hydrogens is 248 g/mol. The number of amides is 2. The second-order valence-corrected chi connectivity index (χ2v) is 5.61. The number of hydrogen-bond acceptors (Lipinski definition) is 3. The Morgan fingerprint density at radius 2 is 2.11 bits per heavy atom. The van der Waals surface area contributed by atoms with Gasteiger partial charge in [0.1, 0.15) is 0 Å². The maximum Gasteiger partial charge on any atom is 0.315 e. The van der Waals surface area contributed by atoms with Crippen LogP contribution in [-0.4, -0.2) is 42.4 Å². The highest BCUT2D eigenvalue weighted by atomic mass is 16.5. The van der Waals surface area contributed by atoms with Crippen LogP contribution in [0.3, 0.4) is 0 Å². The summed E-state index contributed by atoms with van der Waals surface area (Å²) in [7, 11) is 1.66. The van der Waals surface area contributed by atoms with E-state index in [1.54, 1.807) is 7.11 Å². The minimum atomic E-state index is -0.871. The van der Waals surface area contributed by atoms with Gasteiger partial charge < -0.3 is 20.5 Å². The van der Waals surface area contributed by atoms with Gasteiger partial charge in [0.05, 0.1) is 12.0 Å². The van der Waals surface area contributed by atoms with E-state index in [1.807, 2.05) is 0 Å². The van der Waals surface area contributed by atoms with E-state index >= 15 is 0 Å². The van der Waals surface area contributed by atoms with Crippen molar-refractivity contribution in [1.29, 1.82) is 0 Å². The van der Waals surface area contributed by atoms with Crippen LogP contribution >= 0.6 is 0 Å². The second-order valence-electron chi connectivity index (χ2n) is 5.61. The highest BCUT2D eigenvalue weighted by Gasteiger charge is 2.38. The summed E-state index contributed by atoms with van der Waals surface area (Å²) in [6.07, 6.45) is 5.05. The molecule has 0 saturated heterocycles. The Morgan fingerprint density at radius 3 is 2.53 bits per heavy atom. The van der Waals surface area contributed by atoms with Crippen LogP contribution in [0.2, 0.25) is 0 Å². The molecule has 6 heteroatoms. The van der Waals surface area contributed by atoms with Gasteiger partial charge in [-0.25, -0.2) is 4.79 Å². The Kier molecular flexibility index (Phi) is 4.29. The second kappa shape index (κ2) is 5.77. The van der Waals surface area contributed by atoms with Gasteiger partial charge in [-0.05, 0) is 38.0 Å². The number of nitrogens with one attached hydrogen (secondary N) is 2. The Balaban J connectivity index is 1.74. The van der Waals surface area contributed by atoms with Crippen molar-refractivity contribution in [3.05, 3.63) is 0 Å². The van der Waals surface area contributed by atoms with Crippen LogP contribution < -0.4 is 10.6 Å². The molecular formula is C13H22N2O4. The van der Waals surface area contributed by atoms with Crippen molar-refractivity contribution in [3.8, 4) is 0 Å². The van der Waals surface area contributed by atoms with Crippen molar-refractivity contribution in [3.63, 3.8) is 0 Å². The van der Waals surface area contributed by atoms with Gasteiger partial charge in [0.2, 0.25) is 0 Å². The van der Waals surface area contributed by atoms with Gasteiger partial charge in [-0.3, -0.25) is 4.79 Å². The minimum absolute atomic E-state index is 0.00644. The van der Waals surface area contributed by atoms with Crippen molar-refractivity contribution >= 4 is 12.0 Å². The molecule has 19 heavy (non-hydrogen) atoms. The zero-order valence-electron chi connectivity index (χ0n) is 11.3. The van der Waals surface area contributed by atoms with Crippen molar-refractivity contribution in [2.45, 2.75) is 50.2 Å². The number of hydrogen-bond donors (Lipinski definition) is 3. The fraction of sp³-hybridized carbons (Fsp3) is 0.846. The van der Waals surface area contributed by atoms with E-state index in [0.29, 0.717) is 12.5 Å². The summed E-state index contributed by atoms with van der Waals surface area (Å²) >= 11 is 0. The summed E-state index contributed by atoms with van der Waals surface area (Å²) in [4.78, 5) is 22.5. The average Bonchev–Trinajstić information content (AvgIpc) is 3.10. The van der Waals surface area contributed by atoms with Crippen LogP contribution in [0.15, 0.2) is 0 Å². The predicted molar refractivity (Wildman–Crippen MR) is 68.9 cm³/mol. The lowest BCUT2D eigenvalue weighted by Crippen LogP contribution is -2.53. The van der Waals surface area contributed by atoms with E-state index in [1.165, 1.54) is 0 Å². The predicted octanol–water partition coefficient (Wildman–Crippen LogP) is 1.11. The average molecular weight is 270 g/mol. The highest BCUT2D eigenvalue weighted by molar-refractivity contribution is 5.76. The third-order valence-electron chi connectivity index (χ3n) is 4.17. The normalized spacial score (nSPS) is 22.2. The first kappa shape index (κ1) is 14.1. The van der Waals surface area contributed by atoms with E-state index < -0.39 is 5.97 Å². The first-order valence-corrected chi connectivity index (χ1v) is 6.86. The van der Waals surface area contributed by atoms with E-state index in [9.17, 15) is 9.59 Å². The lowest BCUT2D eigenvalue weighted by Gasteiger charge is -2.40. The quantitative estimate of drug-likeness (QED) is 0.646. The number of carbonyl (C=O) groups excluding carboxylic acids is 1. The Morgan fingerprint density at radius 1 is 1.42 bits per heavy atom. The summed E-state index contributed by atoms with van der Waals surface area (Å²) in [6, 6.07) is -0.543. The monoisotopic (exact) mass is 270 g/mol. The number of urea groups is 1. The molecule has 0 spiro atoms. The molecule has 0 aromatic carbocycles. The van der Waals surface area contributed by atoms with Crippen LogP contribution in [-0.2, 0) is 9.53 Å². The third-order valence-corrected chi connectivity index (χ3v) is 4.17. The van der Waals surface area contributed by atoms with E-state index in [0.717, 1.165) is 32.1 Å². The summed E-state index contributed by atoms with van der Waals surface area (Å²) in [5.41, 5.74) is -0.209. The fourth-order valence-electron chi connectivity index (χ4n) is 2.51. The third kappa shape index (κ3) is 3.83. The van der Waals surface area contributed by atoms with Gasteiger partial charge >= 0.3 is 12.0 Å². The molecule has 2 saturated carbocycles. The molecule has 0 radical (unpaired) electrons. The summed E-state index contributed by atoms with van der Waals surface area (Å²) in [5.74, 6) is -0.550. The van der Waals surface area contributed by atoms with Gasteiger partial charge in [-0.2, -0.15) is 0 Å². The van der Waals surface area contributed by atoms with Gasteiger partial charge in [-0.1, -0.05) is 0 Å². The Labute approximate surface area is 112 Å². The number of aliphatic carboxylic acids is 1. The number of carboxylic acid groups (broad SMARTS) is 1. The van der Waals surface area contributed by atoms with Crippen molar-refractivity contribution < 1.29 is 19.4 Å². The highest BCUT2D eigenvalue weighted by Crippen LogP contribution is 2.35. The van der Waals surface area contributed by atoms with E-state index in [-0.39, 0.29) is 24.1 Å². The molecule has 1 atom stereocenters. The number of carbonyl (C=O) groups is 2. The molecule has 108 valence electrons. The Hall–Kier alpha value is -1.30. The molecule has 0 aliphatic heterocycles. The van der Waals surface area contributed by atoms with Gasteiger partial charge in [0, 0.05) is 19.7 Å². The maximum atomic E-state index is 11.8. The molecule has 3 N–H and O–H groups in total. The summed E-state index contributed by atoms with van der Waals surface area (Å²) < 4.78 is 5.42. The molecule has 2 rings (SSSR count). The van der Waals surface area contributed by atoms with E-state index in [2.05, 4.69) is 10.6 Å². The molecule has 0 bridgehead atoms.